The third kappa shape index (κ3) is 11.5. The van der Waals surface area contributed by atoms with Crippen LogP contribution in [-0.2, 0) is 32.0 Å². The number of rotatable bonds is 10. The van der Waals surface area contributed by atoms with E-state index in [1.54, 1.807) is 52.3 Å². The number of benzene rings is 3. The van der Waals surface area contributed by atoms with Gasteiger partial charge in [-0.2, -0.15) is 0 Å². The second kappa shape index (κ2) is 19.7. The number of carbonyl (C=O) groups is 5. The minimum atomic E-state index is -1.27. The molecule has 1 heterocycles. The molecule has 3 aromatic carbocycles. The van der Waals surface area contributed by atoms with Crippen LogP contribution < -0.4 is 40.8 Å². The van der Waals surface area contributed by atoms with Gasteiger partial charge in [0, 0.05) is 19.5 Å². The average Bonchev–Trinajstić information content (AvgIpc) is 3.14. The number of amides is 5. The second-order valence-electron chi connectivity index (χ2n) is 12.8. The number of nitrogens with one attached hydrogen (secondary N) is 5. The summed E-state index contributed by atoms with van der Waals surface area (Å²) >= 11 is 0. The zero-order valence-corrected chi connectivity index (χ0v) is 30.2. The first-order valence-corrected chi connectivity index (χ1v) is 17.5. The van der Waals surface area contributed by atoms with Crippen molar-refractivity contribution in [3.05, 3.63) is 89.5 Å². The van der Waals surface area contributed by atoms with Gasteiger partial charge in [-0.25, -0.2) is 0 Å². The average molecular weight is 716 g/mol. The first kappa shape index (κ1) is 39.2. The van der Waals surface area contributed by atoms with Crippen molar-refractivity contribution in [2.24, 2.45) is 5.92 Å². The summed E-state index contributed by atoms with van der Waals surface area (Å²) in [5.74, 6) is -1.58. The number of hydrogen-bond acceptors (Lipinski definition) is 8. The SMILES string of the molecule is COc1ccc(CCCNC(=O)[C@@H]2CC(=O)N[C@@H](C(C)C)C(=O)N[C@@H](Cc3ccccc3)C(=O)NCCCOc3ccccc3C(=O)N2)cc1OC. The van der Waals surface area contributed by atoms with Gasteiger partial charge in [-0.15, -0.1) is 0 Å². The van der Waals surface area contributed by atoms with Gasteiger partial charge in [0.2, 0.25) is 23.6 Å². The van der Waals surface area contributed by atoms with Crippen molar-refractivity contribution in [2.45, 2.75) is 64.1 Å². The third-order valence-corrected chi connectivity index (χ3v) is 8.59. The van der Waals surface area contributed by atoms with Crippen molar-refractivity contribution in [3.8, 4) is 17.2 Å². The molecule has 4 rings (SSSR count). The summed E-state index contributed by atoms with van der Waals surface area (Å²) in [6.45, 7) is 4.24. The van der Waals surface area contributed by atoms with E-state index in [9.17, 15) is 24.0 Å². The number of ether oxygens (including phenoxy) is 3. The summed E-state index contributed by atoms with van der Waals surface area (Å²) in [4.78, 5) is 67.6. The van der Waals surface area contributed by atoms with Gasteiger partial charge in [0.05, 0.1) is 32.8 Å². The zero-order valence-electron chi connectivity index (χ0n) is 30.2. The van der Waals surface area contributed by atoms with Crippen LogP contribution in [-0.4, -0.2) is 81.6 Å². The van der Waals surface area contributed by atoms with Crippen LogP contribution in [0.3, 0.4) is 0 Å². The summed E-state index contributed by atoms with van der Waals surface area (Å²) in [7, 11) is 3.12. The maximum atomic E-state index is 13.6. The number of aryl methyl sites for hydroxylation is 1. The maximum absolute atomic E-state index is 13.6. The Morgan fingerprint density at radius 3 is 2.33 bits per heavy atom. The van der Waals surface area contributed by atoms with Crippen LogP contribution >= 0.6 is 0 Å². The Hall–Kier alpha value is -5.59. The molecule has 0 bridgehead atoms. The summed E-state index contributed by atoms with van der Waals surface area (Å²) < 4.78 is 16.6. The molecule has 0 aliphatic carbocycles. The Morgan fingerprint density at radius 1 is 0.865 bits per heavy atom. The minimum Gasteiger partial charge on any atom is -0.493 e. The van der Waals surface area contributed by atoms with Crippen molar-refractivity contribution >= 4 is 29.5 Å². The Morgan fingerprint density at radius 2 is 1.60 bits per heavy atom. The van der Waals surface area contributed by atoms with Gasteiger partial charge in [0.25, 0.3) is 5.91 Å². The quantitative estimate of drug-likeness (QED) is 0.200. The van der Waals surface area contributed by atoms with E-state index in [1.807, 2.05) is 48.5 Å². The molecule has 0 spiro atoms. The van der Waals surface area contributed by atoms with E-state index in [0.717, 1.165) is 11.1 Å². The van der Waals surface area contributed by atoms with Gasteiger partial charge < -0.3 is 40.8 Å². The monoisotopic (exact) mass is 715 g/mol. The van der Waals surface area contributed by atoms with Crippen molar-refractivity contribution < 1.29 is 38.2 Å². The first-order valence-electron chi connectivity index (χ1n) is 17.5. The normalized spacial score (nSPS) is 19.0. The molecule has 5 N–H and O–H groups in total. The highest BCUT2D eigenvalue weighted by Crippen LogP contribution is 2.28. The molecule has 1 aliphatic rings. The summed E-state index contributed by atoms with van der Waals surface area (Å²) in [6, 6.07) is 18.3. The zero-order chi connectivity index (χ0) is 37.5. The summed E-state index contributed by atoms with van der Waals surface area (Å²) in [6.07, 6.45) is 1.41. The van der Waals surface area contributed by atoms with Gasteiger partial charge in [-0.05, 0) is 60.6 Å². The van der Waals surface area contributed by atoms with Crippen LogP contribution in [0.15, 0.2) is 72.8 Å². The van der Waals surface area contributed by atoms with Crippen LogP contribution in [0.4, 0.5) is 0 Å². The van der Waals surface area contributed by atoms with Gasteiger partial charge in [-0.3, -0.25) is 24.0 Å². The molecule has 0 radical (unpaired) electrons. The van der Waals surface area contributed by atoms with Gasteiger partial charge >= 0.3 is 0 Å². The van der Waals surface area contributed by atoms with Crippen molar-refractivity contribution in [3.63, 3.8) is 0 Å². The molecule has 3 aromatic rings. The van der Waals surface area contributed by atoms with E-state index in [1.165, 1.54) is 0 Å². The molecular weight excluding hydrogens is 666 g/mol. The van der Waals surface area contributed by atoms with Crippen LogP contribution in [0, 0.1) is 5.92 Å². The highest BCUT2D eigenvalue weighted by Gasteiger charge is 2.31. The van der Waals surface area contributed by atoms with Crippen molar-refractivity contribution in [1.29, 1.82) is 0 Å². The lowest BCUT2D eigenvalue weighted by molar-refractivity contribution is -0.133. The second-order valence-corrected chi connectivity index (χ2v) is 12.8. The summed E-state index contributed by atoms with van der Waals surface area (Å²) in [5.41, 5.74) is 2.01. The maximum Gasteiger partial charge on any atom is 0.255 e. The van der Waals surface area contributed by atoms with Crippen LogP contribution in [0.1, 0.15) is 54.6 Å². The number of para-hydroxylation sites is 1. The Bertz CT molecular complexity index is 1680. The number of methoxy groups -OCH3 is 2. The Balaban J connectivity index is 1.53. The van der Waals surface area contributed by atoms with Crippen LogP contribution in [0.2, 0.25) is 0 Å². The lowest BCUT2D eigenvalue weighted by Gasteiger charge is -2.26. The van der Waals surface area contributed by atoms with E-state index >= 15 is 0 Å². The highest BCUT2D eigenvalue weighted by atomic mass is 16.5. The van der Waals surface area contributed by atoms with Gasteiger partial charge in [0.1, 0.15) is 23.9 Å². The Kier molecular flexibility index (Phi) is 14.9. The fraction of sp³-hybridized carbons (Fsp3) is 0.410. The largest absolute Gasteiger partial charge is 0.493 e. The molecule has 0 saturated carbocycles. The number of fused-ring (bicyclic) bond motifs is 1. The fourth-order valence-electron chi connectivity index (χ4n) is 5.75. The molecule has 0 saturated heterocycles. The van der Waals surface area contributed by atoms with E-state index in [0.29, 0.717) is 36.5 Å². The molecule has 0 unspecified atom stereocenters. The highest BCUT2D eigenvalue weighted by molar-refractivity contribution is 6.01. The smallest absolute Gasteiger partial charge is 0.255 e. The molecule has 0 fully saturated rings. The molecule has 0 aromatic heterocycles. The molecule has 1 aliphatic heterocycles. The lowest BCUT2D eigenvalue weighted by atomic mass is 10.0. The molecule has 278 valence electrons. The van der Waals surface area contributed by atoms with E-state index in [2.05, 4.69) is 26.6 Å². The van der Waals surface area contributed by atoms with Gasteiger partial charge in [0.15, 0.2) is 11.5 Å². The summed E-state index contributed by atoms with van der Waals surface area (Å²) in [5, 5.41) is 14.0. The predicted octanol–water partition coefficient (Wildman–Crippen LogP) is 2.71. The molecule has 5 amide bonds. The first-order chi connectivity index (χ1) is 25.1. The molecule has 13 nitrogen and oxygen atoms in total. The van der Waals surface area contributed by atoms with E-state index < -0.39 is 48.2 Å². The standard InChI is InChI=1S/C39H49N5O8/c1-25(2)35-39(49)43-29(22-26-12-6-5-7-13-26)37(47)41-20-11-21-52-31-16-9-8-15-28(31)36(46)42-30(24-34(45)44-35)38(48)40-19-10-14-27-17-18-32(50-3)33(23-27)51-4/h5-9,12-13,15-18,23,25,29-30,35H,10-11,14,19-22,24H2,1-4H3,(H,40,48)(H,41,47)(H,42,46)(H,43,49)(H,44,45)/t29-,30-,35-/m0/s1. The molecule has 52 heavy (non-hydrogen) atoms. The van der Waals surface area contributed by atoms with E-state index in [-0.39, 0.29) is 43.5 Å². The van der Waals surface area contributed by atoms with E-state index in [4.69, 9.17) is 14.2 Å². The lowest BCUT2D eigenvalue weighted by Crippen LogP contribution is -2.57. The fourth-order valence-corrected chi connectivity index (χ4v) is 5.75. The molecule has 13 heteroatoms. The van der Waals surface area contributed by atoms with Crippen LogP contribution in [0.5, 0.6) is 17.2 Å². The molecule has 3 atom stereocenters. The molecular formula is C39H49N5O8. The van der Waals surface area contributed by atoms with Crippen molar-refractivity contribution in [1.82, 2.24) is 26.6 Å². The van der Waals surface area contributed by atoms with Crippen molar-refractivity contribution in [2.75, 3.05) is 33.9 Å². The Labute approximate surface area is 304 Å². The van der Waals surface area contributed by atoms with Gasteiger partial charge in [-0.1, -0.05) is 62.4 Å². The predicted molar refractivity (Wildman–Crippen MR) is 195 cm³/mol. The topological polar surface area (TPSA) is 173 Å². The third-order valence-electron chi connectivity index (χ3n) is 8.59. The van der Waals surface area contributed by atoms with Crippen LogP contribution in [0.25, 0.3) is 0 Å². The number of hydrogen-bond donors (Lipinski definition) is 5. The minimum absolute atomic E-state index is 0.182. The number of carbonyl (C=O) groups excluding carboxylic acids is 5.